The molecule has 1 N–H and O–H groups in total. The van der Waals surface area contributed by atoms with Crippen LogP contribution in [0.4, 0.5) is 5.82 Å². The van der Waals surface area contributed by atoms with Crippen LogP contribution in [0.3, 0.4) is 0 Å². The number of para-hydroxylation sites is 1. The van der Waals surface area contributed by atoms with Gasteiger partial charge < -0.3 is 5.32 Å². The van der Waals surface area contributed by atoms with Gasteiger partial charge in [0, 0.05) is 24.2 Å². The van der Waals surface area contributed by atoms with Gasteiger partial charge in [-0.1, -0.05) is 29.8 Å². The number of halogens is 1. The molecule has 2 aromatic heterocycles. The third-order valence-electron chi connectivity index (χ3n) is 3.30. The second kappa shape index (κ2) is 6.54. The predicted molar refractivity (Wildman–Crippen MR) is 87.9 cm³/mol. The molecule has 3 rings (SSSR count). The van der Waals surface area contributed by atoms with Crippen LogP contribution in [0.25, 0.3) is 10.9 Å². The zero-order chi connectivity index (χ0) is 15.4. The first-order valence-electron chi connectivity index (χ1n) is 6.96. The fourth-order valence-corrected chi connectivity index (χ4v) is 2.41. The molecule has 0 spiro atoms. The van der Waals surface area contributed by atoms with Gasteiger partial charge in [-0.2, -0.15) is 0 Å². The smallest absolute Gasteiger partial charge is 0.225 e. The molecule has 0 radical (unpaired) electrons. The molecule has 0 unspecified atom stereocenters. The highest BCUT2D eigenvalue weighted by Crippen LogP contribution is 2.22. The summed E-state index contributed by atoms with van der Waals surface area (Å²) in [5, 5.41) is 4.32. The summed E-state index contributed by atoms with van der Waals surface area (Å²) in [6, 6.07) is 13.1. The third-order valence-corrected chi connectivity index (χ3v) is 3.61. The number of fused-ring (bicyclic) bond motifs is 1. The monoisotopic (exact) mass is 311 g/mol. The highest BCUT2D eigenvalue weighted by molar-refractivity contribution is 6.35. The maximum absolute atomic E-state index is 12.0. The Balaban J connectivity index is 1.67. The lowest BCUT2D eigenvalue weighted by Crippen LogP contribution is -2.13. The van der Waals surface area contributed by atoms with Gasteiger partial charge in [0.1, 0.15) is 5.82 Å². The Morgan fingerprint density at radius 1 is 1.14 bits per heavy atom. The van der Waals surface area contributed by atoms with Crippen molar-refractivity contribution >= 4 is 34.2 Å². The quantitative estimate of drug-likeness (QED) is 0.796. The van der Waals surface area contributed by atoms with Crippen molar-refractivity contribution in [3.05, 3.63) is 65.4 Å². The number of pyridine rings is 2. The first kappa shape index (κ1) is 14.5. The Labute approximate surface area is 133 Å². The summed E-state index contributed by atoms with van der Waals surface area (Å²) in [5.74, 6) is 0.430. The molecule has 0 fully saturated rings. The second-order valence-electron chi connectivity index (χ2n) is 4.92. The van der Waals surface area contributed by atoms with Crippen LogP contribution in [0, 0.1) is 0 Å². The standard InChI is InChI=1S/C17H14ClN3O/c18-14-5-1-4-13-7-8-15(21-17(13)14)20-16(22)9-6-12-3-2-10-19-11-12/h1-5,7-8,10-11H,6,9H2,(H,20,21,22). The molecule has 3 aromatic rings. The van der Waals surface area contributed by atoms with E-state index in [-0.39, 0.29) is 5.91 Å². The summed E-state index contributed by atoms with van der Waals surface area (Å²) >= 11 is 6.12. The van der Waals surface area contributed by atoms with Crippen LogP contribution in [0.5, 0.6) is 0 Å². The van der Waals surface area contributed by atoms with Crippen molar-refractivity contribution in [1.29, 1.82) is 0 Å². The van der Waals surface area contributed by atoms with Crippen LogP contribution in [0.2, 0.25) is 5.02 Å². The van der Waals surface area contributed by atoms with Crippen LogP contribution in [0.15, 0.2) is 54.9 Å². The van der Waals surface area contributed by atoms with Crippen LogP contribution < -0.4 is 5.32 Å². The molecule has 4 nitrogen and oxygen atoms in total. The Morgan fingerprint density at radius 2 is 2.05 bits per heavy atom. The van der Waals surface area contributed by atoms with E-state index in [9.17, 15) is 4.79 Å². The molecule has 0 aliphatic rings. The number of nitrogens with one attached hydrogen (secondary N) is 1. The molecule has 0 aliphatic heterocycles. The number of benzene rings is 1. The maximum Gasteiger partial charge on any atom is 0.225 e. The van der Waals surface area contributed by atoms with Crippen molar-refractivity contribution in [3.63, 3.8) is 0 Å². The van der Waals surface area contributed by atoms with Crippen molar-refractivity contribution in [2.75, 3.05) is 5.32 Å². The molecule has 2 heterocycles. The van der Waals surface area contributed by atoms with Crippen molar-refractivity contribution in [2.24, 2.45) is 0 Å². The molecule has 1 aromatic carbocycles. The highest BCUT2D eigenvalue weighted by Gasteiger charge is 2.06. The summed E-state index contributed by atoms with van der Waals surface area (Å²) in [6.07, 6.45) is 4.51. The SMILES string of the molecule is O=C(CCc1cccnc1)Nc1ccc2cccc(Cl)c2n1. The van der Waals surface area contributed by atoms with Gasteiger partial charge in [0.05, 0.1) is 10.5 Å². The Morgan fingerprint density at radius 3 is 2.86 bits per heavy atom. The molecule has 0 atom stereocenters. The summed E-state index contributed by atoms with van der Waals surface area (Å²) < 4.78 is 0. The number of hydrogen-bond donors (Lipinski definition) is 1. The number of amides is 1. The average Bonchev–Trinajstić information content (AvgIpc) is 2.55. The zero-order valence-electron chi connectivity index (χ0n) is 11.8. The Hall–Kier alpha value is -2.46. The zero-order valence-corrected chi connectivity index (χ0v) is 12.5. The normalized spacial score (nSPS) is 10.6. The van der Waals surface area contributed by atoms with E-state index < -0.39 is 0 Å². The molecular weight excluding hydrogens is 298 g/mol. The van der Waals surface area contributed by atoms with Crippen LogP contribution in [-0.2, 0) is 11.2 Å². The van der Waals surface area contributed by atoms with E-state index in [1.807, 2.05) is 30.3 Å². The van der Waals surface area contributed by atoms with Crippen LogP contribution in [-0.4, -0.2) is 15.9 Å². The molecule has 0 saturated heterocycles. The first-order chi connectivity index (χ1) is 10.7. The van der Waals surface area contributed by atoms with E-state index in [4.69, 9.17) is 11.6 Å². The maximum atomic E-state index is 12.0. The minimum absolute atomic E-state index is 0.0808. The lowest BCUT2D eigenvalue weighted by molar-refractivity contribution is -0.116. The minimum atomic E-state index is -0.0808. The van der Waals surface area contributed by atoms with Gasteiger partial charge >= 0.3 is 0 Å². The van der Waals surface area contributed by atoms with Crippen molar-refractivity contribution in [1.82, 2.24) is 9.97 Å². The van der Waals surface area contributed by atoms with Gasteiger partial charge in [-0.05, 0) is 36.2 Å². The number of aromatic nitrogens is 2. The number of rotatable bonds is 4. The second-order valence-corrected chi connectivity index (χ2v) is 5.32. The van der Waals surface area contributed by atoms with Crippen LogP contribution in [0.1, 0.15) is 12.0 Å². The summed E-state index contributed by atoms with van der Waals surface area (Å²) in [7, 11) is 0. The largest absolute Gasteiger partial charge is 0.311 e. The molecule has 22 heavy (non-hydrogen) atoms. The van der Waals surface area contributed by atoms with Gasteiger partial charge in [-0.3, -0.25) is 9.78 Å². The third kappa shape index (κ3) is 3.40. The summed E-state index contributed by atoms with van der Waals surface area (Å²) in [5.41, 5.74) is 1.72. The van der Waals surface area contributed by atoms with E-state index in [1.165, 1.54) is 0 Å². The molecule has 5 heteroatoms. The van der Waals surface area contributed by atoms with Gasteiger partial charge in [0.15, 0.2) is 0 Å². The number of carbonyl (C=O) groups is 1. The lowest BCUT2D eigenvalue weighted by Gasteiger charge is -2.06. The molecule has 0 bridgehead atoms. The van der Waals surface area contributed by atoms with Crippen molar-refractivity contribution < 1.29 is 4.79 Å². The molecule has 110 valence electrons. The Bertz CT molecular complexity index is 805. The first-order valence-corrected chi connectivity index (χ1v) is 7.34. The molecule has 0 saturated carbocycles. The minimum Gasteiger partial charge on any atom is -0.311 e. The Kier molecular flexibility index (Phi) is 4.30. The molecular formula is C17H14ClN3O. The summed E-state index contributed by atoms with van der Waals surface area (Å²) in [6.45, 7) is 0. The van der Waals surface area contributed by atoms with Gasteiger partial charge in [0.25, 0.3) is 0 Å². The van der Waals surface area contributed by atoms with Gasteiger partial charge in [0.2, 0.25) is 5.91 Å². The van der Waals surface area contributed by atoms with Crippen LogP contribution >= 0.6 is 11.6 Å². The number of hydrogen-bond acceptors (Lipinski definition) is 3. The summed E-state index contributed by atoms with van der Waals surface area (Å²) in [4.78, 5) is 20.4. The van der Waals surface area contributed by atoms with E-state index in [0.717, 1.165) is 10.9 Å². The molecule has 1 amide bonds. The average molecular weight is 312 g/mol. The lowest BCUT2D eigenvalue weighted by atomic mass is 10.1. The van der Waals surface area contributed by atoms with Gasteiger partial charge in [-0.25, -0.2) is 4.98 Å². The van der Waals surface area contributed by atoms with E-state index in [1.54, 1.807) is 24.5 Å². The number of carbonyl (C=O) groups excluding carboxylic acids is 1. The fourth-order valence-electron chi connectivity index (χ4n) is 2.19. The predicted octanol–water partition coefficient (Wildman–Crippen LogP) is 3.85. The van der Waals surface area contributed by atoms with Gasteiger partial charge in [-0.15, -0.1) is 0 Å². The fraction of sp³-hybridized carbons (Fsp3) is 0.118. The van der Waals surface area contributed by atoms with Crippen molar-refractivity contribution in [3.8, 4) is 0 Å². The topological polar surface area (TPSA) is 54.9 Å². The van der Waals surface area contributed by atoms with E-state index in [2.05, 4.69) is 15.3 Å². The number of aryl methyl sites for hydroxylation is 1. The number of nitrogens with zero attached hydrogens (tertiary/aromatic N) is 2. The highest BCUT2D eigenvalue weighted by atomic mass is 35.5. The van der Waals surface area contributed by atoms with E-state index in [0.29, 0.717) is 29.2 Å². The van der Waals surface area contributed by atoms with Crippen molar-refractivity contribution in [2.45, 2.75) is 12.8 Å². The van der Waals surface area contributed by atoms with E-state index >= 15 is 0 Å². The molecule has 0 aliphatic carbocycles. The number of anilines is 1.